The third-order valence-electron chi connectivity index (χ3n) is 5.79. The minimum Gasteiger partial charge on any atom is -0.342 e. The number of hydrogen-bond acceptors (Lipinski definition) is 2. The van der Waals surface area contributed by atoms with E-state index in [9.17, 15) is 18.0 Å². The second-order valence-corrected chi connectivity index (χ2v) is 7.29. The van der Waals surface area contributed by atoms with Crippen LogP contribution in [-0.2, 0) is 11.0 Å². The summed E-state index contributed by atoms with van der Waals surface area (Å²) in [7, 11) is 0. The van der Waals surface area contributed by atoms with Crippen LogP contribution in [0.25, 0.3) is 0 Å². The first-order valence-electron chi connectivity index (χ1n) is 8.61. The first-order chi connectivity index (χ1) is 11.4. The Morgan fingerprint density at radius 1 is 1.17 bits per heavy atom. The van der Waals surface area contributed by atoms with E-state index in [1.165, 1.54) is 12.1 Å². The van der Waals surface area contributed by atoms with Gasteiger partial charge in [0, 0.05) is 19.0 Å². The summed E-state index contributed by atoms with van der Waals surface area (Å²) >= 11 is 0. The fraction of sp³-hybridized carbons (Fsp3) is 0.611. The number of likely N-dealkylation sites (tertiary alicyclic amines) is 1. The number of nitrogens with one attached hydrogen (secondary N) is 1. The molecule has 6 heteroatoms. The number of piperidine rings is 1. The highest BCUT2D eigenvalue weighted by molar-refractivity contribution is 5.83. The van der Waals surface area contributed by atoms with Crippen molar-refractivity contribution in [2.24, 2.45) is 17.8 Å². The molecule has 0 bridgehead atoms. The quantitative estimate of drug-likeness (QED) is 0.899. The van der Waals surface area contributed by atoms with E-state index >= 15 is 0 Å². The van der Waals surface area contributed by atoms with E-state index in [1.807, 2.05) is 4.90 Å². The minimum atomic E-state index is -4.36. The molecule has 0 radical (unpaired) electrons. The van der Waals surface area contributed by atoms with Gasteiger partial charge in [0.1, 0.15) is 0 Å². The van der Waals surface area contributed by atoms with Crippen molar-refractivity contribution in [3.05, 3.63) is 35.4 Å². The number of nitrogens with zero attached hydrogens (tertiary/aromatic N) is 1. The molecular formula is C18H21F3N2O. The molecule has 4 rings (SSSR count). The molecule has 1 saturated carbocycles. The van der Waals surface area contributed by atoms with E-state index in [0.29, 0.717) is 18.3 Å². The monoisotopic (exact) mass is 338 g/mol. The normalized spacial score (nSPS) is 32.5. The molecule has 0 spiro atoms. The van der Waals surface area contributed by atoms with E-state index in [1.54, 1.807) is 6.07 Å². The summed E-state index contributed by atoms with van der Waals surface area (Å²) in [5.74, 6) is 0.633. The first kappa shape index (κ1) is 15.9. The lowest BCUT2D eigenvalue weighted by molar-refractivity contribution is -0.139. The molecule has 1 N–H and O–H groups in total. The molecule has 0 unspecified atom stereocenters. The second kappa shape index (κ2) is 5.76. The topological polar surface area (TPSA) is 32.3 Å². The van der Waals surface area contributed by atoms with Crippen LogP contribution < -0.4 is 5.32 Å². The summed E-state index contributed by atoms with van der Waals surface area (Å²) in [5.41, 5.74) is -0.315. The molecule has 0 aromatic heterocycles. The molecule has 130 valence electrons. The Bertz CT molecular complexity index is 645. The summed E-state index contributed by atoms with van der Waals surface area (Å²) in [6.07, 6.45) is -2.82. The molecule has 1 aromatic rings. The van der Waals surface area contributed by atoms with Crippen LogP contribution in [0.5, 0.6) is 0 Å². The van der Waals surface area contributed by atoms with Crippen LogP contribution in [0.1, 0.15) is 29.9 Å². The SMILES string of the molecule is O=C([C@@H]1C[C@H]1c1ccccc1C(F)(F)F)N1CC[C@@H]2CNC[C@H]2C1. The number of fused-ring (bicyclic) bond motifs is 1. The number of alkyl halides is 3. The van der Waals surface area contributed by atoms with Gasteiger partial charge in [-0.05, 0) is 55.3 Å². The highest BCUT2D eigenvalue weighted by atomic mass is 19.4. The maximum atomic E-state index is 13.2. The van der Waals surface area contributed by atoms with Crippen LogP contribution in [0.15, 0.2) is 24.3 Å². The van der Waals surface area contributed by atoms with Gasteiger partial charge in [-0.25, -0.2) is 0 Å². The lowest BCUT2D eigenvalue weighted by Gasteiger charge is -2.34. The molecular weight excluding hydrogens is 317 g/mol. The standard InChI is InChI=1S/C18H21F3N2O/c19-18(20,21)16-4-2-1-3-13(16)14-7-15(14)17(24)23-6-5-11-8-22-9-12(11)10-23/h1-4,11-12,14-15,22H,5-10H2/t11-,12+,14+,15-/m1/s1. The van der Waals surface area contributed by atoms with Crippen molar-refractivity contribution >= 4 is 5.91 Å². The van der Waals surface area contributed by atoms with Crippen molar-refractivity contribution in [3.8, 4) is 0 Å². The molecule has 2 heterocycles. The maximum Gasteiger partial charge on any atom is 0.416 e. The van der Waals surface area contributed by atoms with Crippen molar-refractivity contribution in [2.75, 3.05) is 26.2 Å². The lowest BCUT2D eigenvalue weighted by atomic mass is 9.88. The van der Waals surface area contributed by atoms with Crippen LogP contribution in [0.2, 0.25) is 0 Å². The average Bonchev–Trinajstić information content (AvgIpc) is 3.22. The van der Waals surface area contributed by atoms with Gasteiger partial charge >= 0.3 is 6.18 Å². The minimum absolute atomic E-state index is 0.0438. The number of amides is 1. The van der Waals surface area contributed by atoms with Gasteiger partial charge in [-0.1, -0.05) is 18.2 Å². The predicted molar refractivity (Wildman–Crippen MR) is 83.3 cm³/mol. The van der Waals surface area contributed by atoms with Crippen LogP contribution in [0.3, 0.4) is 0 Å². The van der Waals surface area contributed by atoms with Gasteiger partial charge in [-0.3, -0.25) is 4.79 Å². The molecule has 1 aliphatic carbocycles. The molecule has 24 heavy (non-hydrogen) atoms. The zero-order chi connectivity index (χ0) is 16.9. The number of benzene rings is 1. The number of rotatable bonds is 2. The van der Waals surface area contributed by atoms with Gasteiger partial charge in [0.15, 0.2) is 0 Å². The highest BCUT2D eigenvalue weighted by Crippen LogP contribution is 2.52. The van der Waals surface area contributed by atoms with Gasteiger partial charge in [-0.2, -0.15) is 13.2 Å². The van der Waals surface area contributed by atoms with E-state index in [-0.39, 0.29) is 23.3 Å². The Morgan fingerprint density at radius 2 is 1.92 bits per heavy atom. The van der Waals surface area contributed by atoms with Crippen LogP contribution in [-0.4, -0.2) is 37.0 Å². The van der Waals surface area contributed by atoms with Crippen LogP contribution in [0.4, 0.5) is 13.2 Å². The summed E-state index contributed by atoms with van der Waals surface area (Å²) in [6, 6.07) is 5.67. The van der Waals surface area contributed by atoms with E-state index in [4.69, 9.17) is 0 Å². The molecule has 1 aromatic carbocycles. The fourth-order valence-electron chi connectivity index (χ4n) is 4.36. The zero-order valence-corrected chi connectivity index (χ0v) is 13.4. The smallest absolute Gasteiger partial charge is 0.342 e. The molecule has 2 aliphatic heterocycles. The number of carbonyl (C=O) groups is 1. The number of hydrogen-bond donors (Lipinski definition) is 1. The van der Waals surface area contributed by atoms with E-state index < -0.39 is 11.7 Å². The summed E-state index contributed by atoms with van der Waals surface area (Å²) in [6.45, 7) is 3.46. The molecule has 3 aliphatic rings. The molecule has 1 amide bonds. The zero-order valence-electron chi connectivity index (χ0n) is 13.4. The second-order valence-electron chi connectivity index (χ2n) is 7.29. The number of carbonyl (C=O) groups excluding carboxylic acids is 1. The molecule has 3 fully saturated rings. The molecule has 3 nitrogen and oxygen atoms in total. The number of halogens is 3. The van der Waals surface area contributed by atoms with Crippen LogP contribution >= 0.6 is 0 Å². The van der Waals surface area contributed by atoms with Gasteiger partial charge in [-0.15, -0.1) is 0 Å². The van der Waals surface area contributed by atoms with Crippen molar-refractivity contribution in [1.82, 2.24) is 10.2 Å². The van der Waals surface area contributed by atoms with Crippen molar-refractivity contribution in [3.63, 3.8) is 0 Å². The van der Waals surface area contributed by atoms with Crippen LogP contribution in [0, 0.1) is 17.8 Å². The Balaban J connectivity index is 1.46. The van der Waals surface area contributed by atoms with Gasteiger partial charge in [0.05, 0.1) is 5.56 Å². The Morgan fingerprint density at radius 3 is 2.71 bits per heavy atom. The van der Waals surface area contributed by atoms with E-state index in [0.717, 1.165) is 38.7 Å². The molecule has 4 atom stereocenters. The summed E-state index contributed by atoms with van der Waals surface area (Å²) < 4.78 is 39.5. The highest BCUT2D eigenvalue weighted by Gasteiger charge is 2.50. The fourth-order valence-corrected chi connectivity index (χ4v) is 4.36. The largest absolute Gasteiger partial charge is 0.416 e. The van der Waals surface area contributed by atoms with E-state index in [2.05, 4.69) is 5.32 Å². The summed E-state index contributed by atoms with van der Waals surface area (Å²) in [4.78, 5) is 14.6. The lowest BCUT2D eigenvalue weighted by Crippen LogP contribution is -2.44. The Kier molecular flexibility index (Phi) is 3.82. The molecule has 2 saturated heterocycles. The third-order valence-corrected chi connectivity index (χ3v) is 5.79. The predicted octanol–water partition coefficient (Wildman–Crippen LogP) is 2.88. The van der Waals surface area contributed by atoms with Gasteiger partial charge in [0.2, 0.25) is 5.91 Å². The van der Waals surface area contributed by atoms with Crippen molar-refractivity contribution in [1.29, 1.82) is 0 Å². The van der Waals surface area contributed by atoms with Crippen molar-refractivity contribution in [2.45, 2.75) is 24.9 Å². The Labute approximate surface area is 139 Å². The van der Waals surface area contributed by atoms with Gasteiger partial charge in [0.25, 0.3) is 0 Å². The Hall–Kier alpha value is -1.56. The summed E-state index contributed by atoms with van der Waals surface area (Å²) in [5, 5.41) is 3.36. The first-order valence-corrected chi connectivity index (χ1v) is 8.61. The maximum absolute atomic E-state index is 13.2. The van der Waals surface area contributed by atoms with Gasteiger partial charge < -0.3 is 10.2 Å². The van der Waals surface area contributed by atoms with Crippen molar-refractivity contribution < 1.29 is 18.0 Å². The average molecular weight is 338 g/mol. The third kappa shape index (κ3) is 2.81.